The SMILES string of the molecule is COc1cc(CNCCCN(C)C)c(Br)cc1OCc1ccccc1. The van der Waals surface area contributed by atoms with Crippen LogP contribution in [0.5, 0.6) is 11.5 Å². The van der Waals surface area contributed by atoms with Gasteiger partial charge in [-0.2, -0.15) is 0 Å². The highest BCUT2D eigenvalue weighted by Crippen LogP contribution is 2.34. The number of nitrogens with one attached hydrogen (secondary N) is 1. The molecule has 0 fully saturated rings. The molecule has 0 aliphatic heterocycles. The molecule has 136 valence electrons. The predicted octanol–water partition coefficient (Wildman–Crippen LogP) is 4.08. The molecule has 5 heteroatoms. The zero-order valence-corrected chi connectivity index (χ0v) is 16.8. The van der Waals surface area contributed by atoms with Crippen molar-refractivity contribution in [1.82, 2.24) is 10.2 Å². The van der Waals surface area contributed by atoms with Crippen LogP contribution in [0.3, 0.4) is 0 Å². The summed E-state index contributed by atoms with van der Waals surface area (Å²) in [5, 5.41) is 3.47. The molecule has 0 aliphatic rings. The van der Waals surface area contributed by atoms with Crippen LogP contribution in [0.25, 0.3) is 0 Å². The van der Waals surface area contributed by atoms with Crippen molar-refractivity contribution in [2.75, 3.05) is 34.3 Å². The lowest BCUT2D eigenvalue weighted by Gasteiger charge is -2.15. The minimum Gasteiger partial charge on any atom is -0.493 e. The number of hydrogen-bond acceptors (Lipinski definition) is 4. The van der Waals surface area contributed by atoms with Gasteiger partial charge in [0, 0.05) is 11.0 Å². The second-order valence-electron chi connectivity index (χ2n) is 6.20. The van der Waals surface area contributed by atoms with E-state index < -0.39 is 0 Å². The van der Waals surface area contributed by atoms with Crippen molar-refractivity contribution in [2.45, 2.75) is 19.6 Å². The van der Waals surface area contributed by atoms with Crippen LogP contribution in [0.1, 0.15) is 17.5 Å². The molecule has 0 aliphatic carbocycles. The quantitative estimate of drug-likeness (QED) is 0.602. The molecule has 1 N–H and O–H groups in total. The summed E-state index contributed by atoms with van der Waals surface area (Å²) in [5.41, 5.74) is 2.29. The van der Waals surface area contributed by atoms with Crippen LogP contribution in [-0.4, -0.2) is 39.2 Å². The molecule has 2 rings (SSSR count). The summed E-state index contributed by atoms with van der Waals surface area (Å²) in [6, 6.07) is 14.1. The fraction of sp³-hybridized carbons (Fsp3) is 0.400. The van der Waals surface area contributed by atoms with Crippen LogP contribution in [0.2, 0.25) is 0 Å². The van der Waals surface area contributed by atoms with Gasteiger partial charge in [0.05, 0.1) is 7.11 Å². The van der Waals surface area contributed by atoms with Gasteiger partial charge >= 0.3 is 0 Å². The number of hydrogen-bond donors (Lipinski definition) is 1. The number of benzene rings is 2. The molecule has 0 spiro atoms. The summed E-state index contributed by atoms with van der Waals surface area (Å²) < 4.78 is 12.5. The van der Waals surface area contributed by atoms with E-state index in [1.54, 1.807) is 7.11 Å². The zero-order chi connectivity index (χ0) is 18.1. The summed E-state index contributed by atoms with van der Waals surface area (Å²) in [5.74, 6) is 1.50. The van der Waals surface area contributed by atoms with Gasteiger partial charge in [0.25, 0.3) is 0 Å². The van der Waals surface area contributed by atoms with Crippen molar-refractivity contribution in [1.29, 1.82) is 0 Å². The minimum absolute atomic E-state index is 0.520. The highest BCUT2D eigenvalue weighted by atomic mass is 79.9. The Kier molecular flexibility index (Phi) is 8.25. The van der Waals surface area contributed by atoms with Crippen LogP contribution in [0.15, 0.2) is 46.9 Å². The summed E-state index contributed by atoms with van der Waals surface area (Å²) in [6.07, 6.45) is 1.13. The maximum Gasteiger partial charge on any atom is 0.162 e. The third kappa shape index (κ3) is 6.69. The highest BCUT2D eigenvalue weighted by Gasteiger charge is 2.10. The highest BCUT2D eigenvalue weighted by molar-refractivity contribution is 9.10. The summed E-state index contributed by atoms with van der Waals surface area (Å²) in [6.45, 7) is 3.39. The van der Waals surface area contributed by atoms with E-state index in [9.17, 15) is 0 Å². The molecular weight excluding hydrogens is 380 g/mol. The molecule has 0 radical (unpaired) electrons. The second-order valence-corrected chi connectivity index (χ2v) is 7.06. The van der Waals surface area contributed by atoms with Gasteiger partial charge in [0.15, 0.2) is 11.5 Å². The smallest absolute Gasteiger partial charge is 0.162 e. The Bertz CT molecular complexity index is 648. The number of halogens is 1. The third-order valence-electron chi connectivity index (χ3n) is 3.84. The van der Waals surface area contributed by atoms with Crippen molar-refractivity contribution in [3.8, 4) is 11.5 Å². The Morgan fingerprint density at radius 2 is 1.84 bits per heavy atom. The molecule has 2 aromatic carbocycles. The molecule has 2 aromatic rings. The number of rotatable bonds is 10. The van der Waals surface area contributed by atoms with Gasteiger partial charge in [-0.15, -0.1) is 0 Å². The third-order valence-corrected chi connectivity index (χ3v) is 4.58. The Morgan fingerprint density at radius 1 is 1.08 bits per heavy atom. The van der Waals surface area contributed by atoms with Crippen molar-refractivity contribution >= 4 is 15.9 Å². The van der Waals surface area contributed by atoms with E-state index in [0.29, 0.717) is 6.61 Å². The number of methoxy groups -OCH3 is 1. The average Bonchev–Trinajstić information content (AvgIpc) is 2.61. The topological polar surface area (TPSA) is 33.7 Å². The Hall–Kier alpha value is -1.56. The van der Waals surface area contributed by atoms with E-state index in [0.717, 1.165) is 53.2 Å². The van der Waals surface area contributed by atoms with Crippen molar-refractivity contribution in [2.24, 2.45) is 0 Å². The number of nitrogens with zero attached hydrogens (tertiary/aromatic N) is 1. The molecule has 0 atom stereocenters. The zero-order valence-electron chi connectivity index (χ0n) is 15.2. The average molecular weight is 407 g/mol. The first-order valence-electron chi connectivity index (χ1n) is 8.48. The molecule has 0 saturated heterocycles. The molecule has 0 saturated carbocycles. The Labute approximate surface area is 159 Å². The second kappa shape index (κ2) is 10.4. The van der Waals surface area contributed by atoms with Crippen LogP contribution >= 0.6 is 15.9 Å². The first-order chi connectivity index (χ1) is 12.1. The van der Waals surface area contributed by atoms with Crippen LogP contribution in [0.4, 0.5) is 0 Å². The van der Waals surface area contributed by atoms with Gasteiger partial charge < -0.3 is 19.7 Å². The lowest BCUT2D eigenvalue weighted by Crippen LogP contribution is -2.21. The first kappa shape index (κ1) is 19.8. The standard InChI is InChI=1S/C20H27BrN2O2/c1-23(2)11-7-10-22-14-17-12-19(24-3)20(13-18(17)21)25-15-16-8-5-4-6-9-16/h4-6,8-9,12-13,22H,7,10-11,14-15H2,1-3H3. The first-order valence-corrected chi connectivity index (χ1v) is 9.28. The monoisotopic (exact) mass is 406 g/mol. The van der Waals surface area contributed by atoms with Gasteiger partial charge in [0.1, 0.15) is 6.61 Å². The molecule has 25 heavy (non-hydrogen) atoms. The fourth-order valence-electron chi connectivity index (χ4n) is 2.46. The molecular formula is C20H27BrN2O2. The Morgan fingerprint density at radius 3 is 2.52 bits per heavy atom. The van der Waals surface area contributed by atoms with Gasteiger partial charge in [-0.3, -0.25) is 0 Å². The predicted molar refractivity (Wildman–Crippen MR) is 106 cm³/mol. The lowest BCUT2D eigenvalue weighted by molar-refractivity contribution is 0.284. The summed E-state index contributed by atoms with van der Waals surface area (Å²) in [7, 11) is 5.86. The van der Waals surface area contributed by atoms with Crippen molar-refractivity contribution in [3.05, 3.63) is 58.1 Å². The largest absolute Gasteiger partial charge is 0.493 e. The number of ether oxygens (including phenoxy) is 2. The summed E-state index contributed by atoms with van der Waals surface area (Å²) in [4.78, 5) is 2.19. The Balaban J connectivity index is 1.94. The normalized spacial score (nSPS) is 10.9. The summed E-state index contributed by atoms with van der Waals surface area (Å²) >= 11 is 3.65. The molecule has 0 amide bonds. The maximum absolute atomic E-state index is 5.94. The van der Waals surface area contributed by atoms with E-state index >= 15 is 0 Å². The van der Waals surface area contributed by atoms with Gasteiger partial charge in [-0.1, -0.05) is 46.3 Å². The minimum atomic E-state index is 0.520. The van der Waals surface area contributed by atoms with E-state index in [1.807, 2.05) is 42.5 Å². The van der Waals surface area contributed by atoms with E-state index in [1.165, 1.54) is 0 Å². The lowest BCUT2D eigenvalue weighted by atomic mass is 10.2. The van der Waals surface area contributed by atoms with E-state index in [2.05, 4.69) is 40.2 Å². The van der Waals surface area contributed by atoms with Gasteiger partial charge in [0.2, 0.25) is 0 Å². The van der Waals surface area contributed by atoms with Crippen LogP contribution in [0, 0.1) is 0 Å². The van der Waals surface area contributed by atoms with E-state index in [-0.39, 0.29) is 0 Å². The van der Waals surface area contributed by atoms with Gasteiger partial charge in [-0.25, -0.2) is 0 Å². The fourth-order valence-corrected chi connectivity index (χ4v) is 2.93. The molecule has 0 heterocycles. The van der Waals surface area contributed by atoms with Crippen LogP contribution < -0.4 is 14.8 Å². The molecule has 0 aromatic heterocycles. The molecule has 0 bridgehead atoms. The van der Waals surface area contributed by atoms with Gasteiger partial charge in [-0.05, 0) is 56.9 Å². The van der Waals surface area contributed by atoms with E-state index in [4.69, 9.17) is 9.47 Å². The maximum atomic E-state index is 5.94. The van der Waals surface area contributed by atoms with Crippen LogP contribution in [-0.2, 0) is 13.2 Å². The molecule has 4 nitrogen and oxygen atoms in total. The van der Waals surface area contributed by atoms with Crippen molar-refractivity contribution < 1.29 is 9.47 Å². The van der Waals surface area contributed by atoms with Crippen molar-refractivity contribution in [3.63, 3.8) is 0 Å². The molecule has 0 unspecified atom stereocenters.